The second-order valence-electron chi connectivity index (χ2n) is 8.56. The Labute approximate surface area is 230 Å². The molecule has 5 rings (SSSR count). The van der Waals surface area contributed by atoms with Gasteiger partial charge in [0.15, 0.2) is 11.0 Å². The third-order valence-electron chi connectivity index (χ3n) is 5.91. The summed E-state index contributed by atoms with van der Waals surface area (Å²) in [5.41, 5.74) is 0.439. The molecular weight excluding hydrogens is 551 g/mol. The number of amides is 1. The van der Waals surface area contributed by atoms with Crippen LogP contribution in [-0.4, -0.2) is 74.9 Å². The third kappa shape index (κ3) is 6.82. The smallest absolute Gasteiger partial charge is 0.379 e. The van der Waals surface area contributed by atoms with Crippen molar-refractivity contribution in [3.8, 4) is 17.1 Å². The molecule has 1 aliphatic heterocycles. The molecule has 4 heterocycles. The Balaban J connectivity index is 1.30. The molecule has 14 heteroatoms. The Bertz CT molecular complexity index is 1410. The number of alkyl halides is 3. The molecule has 3 aromatic heterocycles. The Morgan fingerprint density at radius 1 is 1.15 bits per heavy atom. The molecule has 0 aliphatic carbocycles. The number of carbonyl (C=O) groups excluding carboxylic acids is 1. The number of benzene rings is 1. The van der Waals surface area contributed by atoms with Crippen molar-refractivity contribution in [1.29, 1.82) is 0 Å². The van der Waals surface area contributed by atoms with Crippen LogP contribution in [0.25, 0.3) is 17.1 Å². The van der Waals surface area contributed by atoms with Crippen LogP contribution in [0.2, 0.25) is 0 Å². The summed E-state index contributed by atoms with van der Waals surface area (Å²) in [6.07, 6.45) is -1.32. The number of morpholine rings is 1. The summed E-state index contributed by atoms with van der Waals surface area (Å²) in [5.74, 6) is 0.474. The number of halogens is 3. The monoisotopic (exact) mass is 575 g/mol. The molecule has 39 heavy (non-hydrogen) atoms. The van der Waals surface area contributed by atoms with E-state index in [1.165, 1.54) is 29.2 Å². The van der Waals surface area contributed by atoms with Gasteiger partial charge in [-0.2, -0.15) is 13.2 Å². The fourth-order valence-corrected chi connectivity index (χ4v) is 5.69. The lowest BCUT2D eigenvalue weighted by atomic mass is 10.2. The second kappa shape index (κ2) is 12.2. The average Bonchev–Trinajstić information content (AvgIpc) is 3.60. The van der Waals surface area contributed by atoms with Gasteiger partial charge >= 0.3 is 6.18 Å². The van der Waals surface area contributed by atoms with Crippen molar-refractivity contribution in [2.24, 2.45) is 0 Å². The Hall–Kier alpha value is -3.33. The Morgan fingerprint density at radius 2 is 2.00 bits per heavy atom. The van der Waals surface area contributed by atoms with E-state index in [9.17, 15) is 18.0 Å². The van der Waals surface area contributed by atoms with Crippen LogP contribution in [0.1, 0.15) is 21.1 Å². The van der Waals surface area contributed by atoms with Gasteiger partial charge in [0, 0.05) is 49.5 Å². The number of aromatic nitrogens is 5. The highest BCUT2D eigenvalue weighted by Gasteiger charge is 2.31. The third-order valence-corrected chi connectivity index (χ3v) is 7.88. The number of carbonyl (C=O) groups is 1. The molecule has 0 spiro atoms. The minimum Gasteiger partial charge on any atom is -0.379 e. The van der Waals surface area contributed by atoms with E-state index in [-0.39, 0.29) is 11.6 Å². The predicted octanol–water partition coefficient (Wildman–Crippen LogP) is 4.16. The largest absolute Gasteiger partial charge is 0.416 e. The van der Waals surface area contributed by atoms with Gasteiger partial charge in [-0.25, -0.2) is 4.98 Å². The molecule has 1 N–H and O–H groups in total. The van der Waals surface area contributed by atoms with Gasteiger partial charge in [0.1, 0.15) is 10.7 Å². The summed E-state index contributed by atoms with van der Waals surface area (Å²) in [6.45, 7) is 4.35. The molecular formula is C25H24F3N7O2S2. The summed E-state index contributed by atoms with van der Waals surface area (Å²) in [7, 11) is 0. The highest BCUT2D eigenvalue weighted by molar-refractivity contribution is 7.98. The lowest BCUT2D eigenvalue weighted by molar-refractivity contribution is -0.137. The number of hydrogen-bond donors (Lipinski definition) is 1. The minimum atomic E-state index is -4.49. The summed E-state index contributed by atoms with van der Waals surface area (Å²) in [6, 6.07) is 8.50. The molecule has 1 aromatic carbocycles. The maximum Gasteiger partial charge on any atom is 0.416 e. The zero-order valence-corrected chi connectivity index (χ0v) is 22.2. The average molecular weight is 576 g/mol. The topological polar surface area (TPSA) is 98.1 Å². The Kier molecular flexibility index (Phi) is 8.55. The minimum absolute atomic E-state index is 0.248. The van der Waals surface area contributed by atoms with E-state index in [2.05, 4.69) is 30.4 Å². The van der Waals surface area contributed by atoms with E-state index < -0.39 is 11.7 Å². The number of nitrogens with one attached hydrogen (secondary N) is 1. The number of rotatable bonds is 9. The van der Waals surface area contributed by atoms with Crippen molar-refractivity contribution in [2.45, 2.75) is 17.1 Å². The highest BCUT2D eigenvalue weighted by Crippen LogP contribution is 2.34. The van der Waals surface area contributed by atoms with Crippen LogP contribution in [-0.2, 0) is 16.7 Å². The molecule has 0 bridgehead atoms. The zero-order valence-electron chi connectivity index (χ0n) is 20.6. The first-order chi connectivity index (χ1) is 18.9. The fraction of sp³-hybridized carbons (Fsp3) is 0.320. The maximum atomic E-state index is 13.4. The molecule has 0 atom stereocenters. The van der Waals surface area contributed by atoms with Gasteiger partial charge in [0.05, 0.1) is 30.2 Å². The van der Waals surface area contributed by atoms with Crippen LogP contribution in [0.5, 0.6) is 0 Å². The van der Waals surface area contributed by atoms with Crippen LogP contribution in [0.3, 0.4) is 0 Å². The van der Waals surface area contributed by atoms with E-state index in [1.54, 1.807) is 40.5 Å². The number of thioether (sulfide) groups is 1. The zero-order chi connectivity index (χ0) is 27.2. The molecule has 1 fully saturated rings. The molecule has 0 saturated carbocycles. The van der Waals surface area contributed by atoms with Crippen molar-refractivity contribution < 1.29 is 22.7 Å². The van der Waals surface area contributed by atoms with Gasteiger partial charge in [-0.05, 0) is 30.3 Å². The van der Waals surface area contributed by atoms with Gasteiger partial charge in [0.2, 0.25) is 0 Å². The second-order valence-corrected chi connectivity index (χ2v) is 10.4. The molecule has 0 radical (unpaired) electrons. The number of ether oxygens (including phenoxy) is 1. The van der Waals surface area contributed by atoms with E-state index in [0.717, 1.165) is 31.8 Å². The number of nitrogens with zero attached hydrogens (tertiary/aromatic N) is 6. The van der Waals surface area contributed by atoms with Gasteiger partial charge in [-0.3, -0.25) is 19.2 Å². The quantitative estimate of drug-likeness (QED) is 0.297. The van der Waals surface area contributed by atoms with Crippen molar-refractivity contribution in [2.75, 3.05) is 39.4 Å². The lowest BCUT2D eigenvalue weighted by Gasteiger charge is -2.26. The molecule has 9 nitrogen and oxygen atoms in total. The van der Waals surface area contributed by atoms with Crippen molar-refractivity contribution >= 4 is 29.0 Å². The highest BCUT2D eigenvalue weighted by atomic mass is 32.2. The summed E-state index contributed by atoms with van der Waals surface area (Å²) in [4.78, 5) is 23.3. The van der Waals surface area contributed by atoms with Gasteiger partial charge in [0.25, 0.3) is 5.91 Å². The molecule has 1 saturated heterocycles. The van der Waals surface area contributed by atoms with E-state index in [1.807, 2.05) is 0 Å². The van der Waals surface area contributed by atoms with E-state index in [4.69, 9.17) is 4.74 Å². The molecule has 1 amide bonds. The summed E-state index contributed by atoms with van der Waals surface area (Å²) >= 11 is 2.60. The first-order valence-electron chi connectivity index (χ1n) is 12.1. The Morgan fingerprint density at radius 3 is 2.77 bits per heavy atom. The lowest BCUT2D eigenvalue weighted by Crippen LogP contribution is -2.41. The standard InChI is InChI=1S/C25H24F3N7O2S2/c26-25(27,28)18-4-1-5-19(13-18)35-22(17-3-2-6-29-14-17)32-33-24(35)39-16-21-31-20(15-38-21)23(36)30-7-8-34-9-11-37-12-10-34/h1-6,13-15H,7-12,16H2,(H,30,36). The number of pyridine rings is 1. The van der Waals surface area contributed by atoms with E-state index >= 15 is 0 Å². The van der Waals surface area contributed by atoms with Crippen molar-refractivity contribution in [3.63, 3.8) is 0 Å². The molecule has 1 aliphatic rings. The van der Waals surface area contributed by atoms with Gasteiger partial charge in [-0.1, -0.05) is 17.8 Å². The van der Waals surface area contributed by atoms with Crippen LogP contribution in [0.15, 0.2) is 59.3 Å². The number of thiazole rings is 1. The van der Waals surface area contributed by atoms with Gasteiger partial charge < -0.3 is 10.1 Å². The van der Waals surface area contributed by atoms with Crippen LogP contribution in [0.4, 0.5) is 13.2 Å². The molecule has 0 unspecified atom stereocenters. The van der Waals surface area contributed by atoms with Crippen LogP contribution in [0, 0.1) is 0 Å². The predicted molar refractivity (Wildman–Crippen MR) is 141 cm³/mol. The summed E-state index contributed by atoms with van der Waals surface area (Å²) in [5, 5.41) is 14.2. The normalized spacial score (nSPS) is 14.4. The van der Waals surface area contributed by atoms with Crippen LogP contribution < -0.4 is 5.32 Å². The molecule has 4 aromatic rings. The van der Waals surface area contributed by atoms with Crippen LogP contribution >= 0.6 is 23.1 Å². The fourth-order valence-electron chi connectivity index (χ4n) is 3.95. The first kappa shape index (κ1) is 27.2. The maximum absolute atomic E-state index is 13.4. The first-order valence-corrected chi connectivity index (χ1v) is 13.9. The number of hydrogen-bond acceptors (Lipinski definition) is 9. The van der Waals surface area contributed by atoms with E-state index in [0.29, 0.717) is 52.8 Å². The molecule has 204 valence electrons. The van der Waals surface area contributed by atoms with Crippen molar-refractivity contribution in [3.05, 3.63) is 70.4 Å². The van der Waals surface area contributed by atoms with Crippen molar-refractivity contribution in [1.82, 2.24) is 34.9 Å². The summed E-state index contributed by atoms with van der Waals surface area (Å²) < 4.78 is 47.2. The SMILES string of the molecule is O=C(NCCN1CCOCC1)c1csc(CSc2nnc(-c3cccnc3)n2-c2cccc(C(F)(F)F)c2)n1. The van der Waals surface area contributed by atoms with Gasteiger partial charge in [-0.15, -0.1) is 21.5 Å².